The molecule has 17 heavy (non-hydrogen) atoms. The van der Waals surface area contributed by atoms with Crippen molar-refractivity contribution in [1.29, 1.82) is 0 Å². The summed E-state index contributed by atoms with van der Waals surface area (Å²) in [5.74, 6) is -1.54. The first-order valence-electron chi connectivity index (χ1n) is 4.67. The monoisotopic (exact) mass is 253 g/mol. The zero-order valence-electron chi connectivity index (χ0n) is 8.50. The summed E-state index contributed by atoms with van der Waals surface area (Å²) in [4.78, 5) is 19.0. The number of thiophene rings is 1. The summed E-state index contributed by atoms with van der Waals surface area (Å²) in [6.07, 6.45) is 1.95. The van der Waals surface area contributed by atoms with Crippen LogP contribution in [0.1, 0.15) is 10.9 Å². The van der Waals surface area contributed by atoms with Crippen molar-refractivity contribution >= 4 is 23.3 Å². The summed E-state index contributed by atoms with van der Waals surface area (Å²) < 4.78 is 12.6. The normalized spacial score (nSPS) is 12.1. The Kier molecular flexibility index (Phi) is 3.29. The highest BCUT2D eigenvalue weighted by Crippen LogP contribution is 2.22. The molecule has 1 unspecified atom stereocenters. The molecule has 0 spiro atoms. The predicted molar refractivity (Wildman–Crippen MR) is 60.3 cm³/mol. The molecule has 0 radical (unpaired) electrons. The number of hydrogen-bond donors (Lipinski definition) is 2. The van der Waals surface area contributed by atoms with Gasteiger partial charge < -0.3 is 10.4 Å². The summed E-state index contributed by atoms with van der Waals surface area (Å²) in [5.41, 5.74) is 0. The maximum Gasteiger partial charge on any atom is 0.331 e. The minimum atomic E-state index is -1.04. The van der Waals surface area contributed by atoms with E-state index in [1.807, 2.05) is 0 Å². The van der Waals surface area contributed by atoms with Gasteiger partial charge in [-0.3, -0.25) is 0 Å². The third-order valence-corrected chi connectivity index (χ3v) is 2.91. The average molecular weight is 253 g/mol. The lowest BCUT2D eigenvalue weighted by atomic mass is 10.2. The first kappa shape index (κ1) is 11.5. The summed E-state index contributed by atoms with van der Waals surface area (Å²) >= 11 is 1.31. The molecule has 2 aromatic heterocycles. The van der Waals surface area contributed by atoms with Gasteiger partial charge in [-0.25, -0.2) is 19.2 Å². The van der Waals surface area contributed by atoms with E-state index in [0.717, 1.165) is 12.4 Å². The van der Waals surface area contributed by atoms with Crippen LogP contribution in [-0.2, 0) is 4.79 Å². The minimum absolute atomic E-state index is 0.0761. The van der Waals surface area contributed by atoms with Crippen molar-refractivity contribution in [2.75, 3.05) is 5.32 Å². The molecule has 2 N–H and O–H groups in total. The Morgan fingerprint density at radius 3 is 2.71 bits per heavy atom. The van der Waals surface area contributed by atoms with Gasteiger partial charge >= 0.3 is 5.97 Å². The molecule has 0 bridgehead atoms. The lowest BCUT2D eigenvalue weighted by Crippen LogP contribution is -2.20. The number of rotatable bonds is 4. The maximum absolute atomic E-state index is 12.6. The van der Waals surface area contributed by atoms with E-state index in [1.54, 1.807) is 17.5 Å². The SMILES string of the molecule is O=C(O)C(Nc1ncc(F)cn1)c1cccs1. The smallest absolute Gasteiger partial charge is 0.331 e. The van der Waals surface area contributed by atoms with Crippen molar-refractivity contribution < 1.29 is 14.3 Å². The fraction of sp³-hybridized carbons (Fsp3) is 0.100. The van der Waals surface area contributed by atoms with Gasteiger partial charge in [-0.05, 0) is 11.4 Å². The Morgan fingerprint density at radius 2 is 2.18 bits per heavy atom. The van der Waals surface area contributed by atoms with Crippen LogP contribution in [-0.4, -0.2) is 21.0 Å². The van der Waals surface area contributed by atoms with Crippen molar-refractivity contribution in [2.24, 2.45) is 0 Å². The summed E-state index contributed by atoms with van der Waals surface area (Å²) in [5, 5.41) is 13.5. The van der Waals surface area contributed by atoms with Crippen molar-refractivity contribution in [3.8, 4) is 0 Å². The average Bonchev–Trinajstić information content (AvgIpc) is 2.81. The van der Waals surface area contributed by atoms with Crippen LogP contribution < -0.4 is 5.32 Å². The molecule has 7 heteroatoms. The second kappa shape index (κ2) is 4.88. The highest BCUT2D eigenvalue weighted by Gasteiger charge is 2.21. The number of anilines is 1. The van der Waals surface area contributed by atoms with E-state index in [9.17, 15) is 9.18 Å². The van der Waals surface area contributed by atoms with Crippen molar-refractivity contribution in [3.05, 3.63) is 40.6 Å². The van der Waals surface area contributed by atoms with Gasteiger partial charge in [0.2, 0.25) is 5.95 Å². The quantitative estimate of drug-likeness (QED) is 0.870. The third kappa shape index (κ3) is 2.76. The second-order valence-corrected chi connectivity index (χ2v) is 4.14. The molecule has 0 aromatic carbocycles. The summed E-state index contributed by atoms with van der Waals surface area (Å²) in [6, 6.07) is 2.52. The van der Waals surface area contributed by atoms with Gasteiger partial charge in [0.25, 0.3) is 0 Å². The predicted octanol–water partition coefficient (Wildman–Crippen LogP) is 1.92. The zero-order chi connectivity index (χ0) is 12.3. The van der Waals surface area contributed by atoms with E-state index < -0.39 is 17.8 Å². The molecule has 0 aliphatic heterocycles. The number of nitrogens with one attached hydrogen (secondary N) is 1. The summed E-state index contributed by atoms with van der Waals surface area (Å²) in [7, 11) is 0. The van der Waals surface area contributed by atoms with Gasteiger partial charge in [0.1, 0.15) is 0 Å². The Balaban J connectivity index is 2.19. The standard InChI is InChI=1S/C10H8FN3O2S/c11-6-4-12-10(13-5-6)14-8(9(15)16)7-2-1-3-17-7/h1-5,8H,(H,15,16)(H,12,13,14). The lowest BCUT2D eigenvalue weighted by molar-refractivity contribution is -0.138. The van der Waals surface area contributed by atoms with Crippen LogP contribution in [0.15, 0.2) is 29.9 Å². The fourth-order valence-electron chi connectivity index (χ4n) is 1.23. The zero-order valence-corrected chi connectivity index (χ0v) is 9.32. The first-order chi connectivity index (χ1) is 8.16. The molecular formula is C10H8FN3O2S. The van der Waals surface area contributed by atoms with Crippen molar-refractivity contribution in [2.45, 2.75) is 6.04 Å². The highest BCUT2D eigenvalue weighted by atomic mass is 32.1. The van der Waals surface area contributed by atoms with Gasteiger partial charge in [-0.15, -0.1) is 11.3 Å². The molecule has 88 valence electrons. The van der Waals surface area contributed by atoms with Crippen LogP contribution in [0, 0.1) is 5.82 Å². The van der Waals surface area contributed by atoms with Gasteiger partial charge in [0.05, 0.1) is 12.4 Å². The molecule has 0 aliphatic rings. The molecule has 0 saturated heterocycles. The lowest BCUT2D eigenvalue weighted by Gasteiger charge is -2.12. The highest BCUT2D eigenvalue weighted by molar-refractivity contribution is 7.10. The van der Waals surface area contributed by atoms with Gasteiger partial charge in [-0.1, -0.05) is 6.07 Å². The number of carbonyl (C=O) groups is 1. The van der Waals surface area contributed by atoms with Crippen molar-refractivity contribution in [1.82, 2.24) is 9.97 Å². The number of aromatic nitrogens is 2. The van der Waals surface area contributed by atoms with E-state index >= 15 is 0 Å². The molecule has 1 atom stereocenters. The number of carboxylic acid groups (broad SMARTS) is 1. The minimum Gasteiger partial charge on any atom is -0.479 e. The van der Waals surface area contributed by atoms with Crippen LogP contribution in [0.2, 0.25) is 0 Å². The largest absolute Gasteiger partial charge is 0.479 e. The number of nitrogens with zero attached hydrogens (tertiary/aromatic N) is 2. The van der Waals surface area contributed by atoms with Gasteiger partial charge in [0.15, 0.2) is 11.9 Å². The molecule has 0 fully saturated rings. The maximum atomic E-state index is 12.6. The number of carboxylic acids is 1. The second-order valence-electron chi connectivity index (χ2n) is 3.16. The van der Waals surface area contributed by atoms with E-state index in [4.69, 9.17) is 5.11 Å². The third-order valence-electron chi connectivity index (χ3n) is 1.97. The Morgan fingerprint density at radius 1 is 1.47 bits per heavy atom. The summed E-state index contributed by atoms with van der Waals surface area (Å²) in [6.45, 7) is 0. The molecule has 2 heterocycles. The van der Waals surface area contributed by atoms with E-state index in [-0.39, 0.29) is 5.95 Å². The fourth-order valence-corrected chi connectivity index (χ4v) is 1.99. The molecular weight excluding hydrogens is 245 g/mol. The molecule has 2 aromatic rings. The van der Waals surface area contributed by atoms with E-state index in [1.165, 1.54) is 11.3 Å². The molecule has 2 rings (SSSR count). The van der Waals surface area contributed by atoms with Crippen LogP contribution in [0.3, 0.4) is 0 Å². The van der Waals surface area contributed by atoms with E-state index in [2.05, 4.69) is 15.3 Å². The van der Waals surface area contributed by atoms with Crippen LogP contribution in [0.4, 0.5) is 10.3 Å². The molecule has 0 amide bonds. The molecule has 0 saturated carbocycles. The van der Waals surface area contributed by atoms with Crippen LogP contribution >= 0.6 is 11.3 Å². The Labute approximate surface area is 100.0 Å². The molecule has 5 nitrogen and oxygen atoms in total. The van der Waals surface area contributed by atoms with Crippen molar-refractivity contribution in [3.63, 3.8) is 0 Å². The van der Waals surface area contributed by atoms with Crippen LogP contribution in [0.5, 0.6) is 0 Å². The Hall–Kier alpha value is -2.02. The first-order valence-corrected chi connectivity index (χ1v) is 5.55. The topological polar surface area (TPSA) is 75.1 Å². The van der Waals surface area contributed by atoms with Crippen LogP contribution in [0.25, 0.3) is 0 Å². The Bertz CT molecular complexity index is 501. The number of aliphatic carboxylic acids is 1. The molecule has 0 aliphatic carbocycles. The number of hydrogen-bond acceptors (Lipinski definition) is 5. The van der Waals surface area contributed by atoms with Gasteiger partial charge in [0, 0.05) is 4.88 Å². The van der Waals surface area contributed by atoms with Gasteiger partial charge in [-0.2, -0.15) is 0 Å². The number of halogens is 1. The van der Waals surface area contributed by atoms with E-state index in [0.29, 0.717) is 4.88 Å².